The van der Waals surface area contributed by atoms with Crippen molar-refractivity contribution in [1.82, 2.24) is 0 Å². The van der Waals surface area contributed by atoms with E-state index in [1.807, 2.05) is 0 Å². The van der Waals surface area contributed by atoms with Crippen LogP contribution in [0.4, 0.5) is 0 Å². The Hall–Kier alpha value is 23.8. The second kappa shape index (κ2) is 444. The summed E-state index contributed by atoms with van der Waals surface area (Å²) >= 11 is 0. The second-order valence-electron chi connectivity index (χ2n) is 0. The number of rotatable bonds is 0. The predicted octanol–water partition coefficient (Wildman–Crippen LogP) is -0.0419. The molecular formula is H3PV40. The summed E-state index contributed by atoms with van der Waals surface area (Å²) in [6.45, 7) is 0. The van der Waals surface area contributed by atoms with Gasteiger partial charge < -0.3 is 0 Å². The first-order chi connectivity index (χ1) is 0. The summed E-state index contributed by atoms with van der Waals surface area (Å²) < 4.78 is 0. The summed E-state index contributed by atoms with van der Waals surface area (Å²) in [4.78, 5) is 0. The Morgan fingerprint density at radius 2 is 0.0488 bits per heavy atom. The maximum absolute atomic E-state index is 0. The van der Waals surface area contributed by atoms with Crippen molar-refractivity contribution in [2.24, 2.45) is 0 Å². The molecular weight excluding hydrogens is 2070 g/mol. The van der Waals surface area contributed by atoms with Gasteiger partial charge >= 0.3 is 0 Å². The topological polar surface area (TPSA) is 0 Å². The molecule has 0 aliphatic heterocycles. The Bertz CT molecular complexity index is 6.78. The van der Waals surface area contributed by atoms with Gasteiger partial charge in [0.1, 0.15) is 0 Å². The van der Waals surface area contributed by atoms with Crippen LogP contribution in [0, 0.1) is 0 Å². The van der Waals surface area contributed by atoms with Crippen molar-refractivity contribution in [2.75, 3.05) is 0 Å². The maximum Gasteiger partial charge on any atom is 0 e. The molecule has 0 N–H and O–H groups in total. The summed E-state index contributed by atoms with van der Waals surface area (Å²) in [6, 6.07) is 0. The number of hydrogen-bond donors (Lipinski definition) is 0. The van der Waals surface area contributed by atoms with E-state index in [1.165, 1.54) is 0 Å². The van der Waals surface area contributed by atoms with Crippen molar-refractivity contribution < 1.29 is 742 Å². The normalized spacial score (nSPS) is 0. The molecule has 0 aliphatic rings. The van der Waals surface area contributed by atoms with Crippen LogP contribution in [0.25, 0.3) is 0 Å². The standard InChI is InChI=1S/H3P.40V/h1H3;;;;;;;;;;;;;;;;;;;;;;;;;;;;;;;;;;;;;;;;. The van der Waals surface area contributed by atoms with Crippen LogP contribution < -0.4 is 0 Å². The van der Waals surface area contributed by atoms with Crippen LogP contribution >= 0.6 is 9.90 Å². The van der Waals surface area contributed by atoms with Gasteiger partial charge in [-0.1, -0.05) is 0 Å². The molecule has 0 aromatic heterocycles. The van der Waals surface area contributed by atoms with E-state index in [-0.39, 0.29) is 752 Å². The molecule has 0 aromatic carbocycles. The van der Waals surface area contributed by atoms with Gasteiger partial charge in [-0.2, -0.15) is 9.90 Å². The first-order valence-corrected chi connectivity index (χ1v) is 0. The van der Waals surface area contributed by atoms with Gasteiger partial charge in [-0.3, -0.25) is 0 Å². The van der Waals surface area contributed by atoms with E-state index in [9.17, 15) is 0 Å². The van der Waals surface area contributed by atoms with Gasteiger partial charge in [-0.15, -0.1) is 0 Å². The smallest absolute Gasteiger partial charge is 0 e. The van der Waals surface area contributed by atoms with Crippen molar-refractivity contribution in [3.63, 3.8) is 0 Å². The van der Waals surface area contributed by atoms with Gasteiger partial charge in [0.05, 0.1) is 0 Å². The summed E-state index contributed by atoms with van der Waals surface area (Å²) in [5.41, 5.74) is 0. The molecule has 1 atom stereocenters. The van der Waals surface area contributed by atoms with Crippen LogP contribution in [-0.2, 0) is 742 Å². The molecule has 40 radical (unpaired) electrons. The third-order valence-corrected chi connectivity index (χ3v) is 0. The first kappa shape index (κ1) is 466. The zero-order valence-corrected chi connectivity index (χ0v) is 75.9. The van der Waals surface area contributed by atoms with Crippen molar-refractivity contribution in [1.29, 1.82) is 0 Å². The van der Waals surface area contributed by atoms with Gasteiger partial charge in [-0.25, -0.2) is 0 Å². The zero-order chi connectivity index (χ0) is 0. The Kier molecular flexibility index (Phi) is 5040. The molecule has 0 bridgehead atoms. The Labute approximate surface area is 731 Å². The SMILES string of the molecule is P.[V].[V].[V].[V].[V].[V].[V].[V].[V].[V].[V].[V].[V].[V].[V].[V].[V].[V].[V].[V].[V].[V].[V].[V].[V].[V].[V].[V].[V].[V].[V].[V].[V].[V].[V].[V].[V].[V].[V].[V]. The second-order valence-corrected chi connectivity index (χ2v) is 0. The molecule has 41 heteroatoms. The van der Waals surface area contributed by atoms with E-state index < -0.39 is 0 Å². The quantitative estimate of drug-likeness (QED) is 0.300. The van der Waals surface area contributed by atoms with E-state index in [2.05, 4.69) is 0 Å². The molecule has 0 heterocycles. The zero-order valence-electron chi connectivity index (χ0n) is 18.6. The van der Waals surface area contributed by atoms with Crippen molar-refractivity contribution in [3.8, 4) is 0 Å². The minimum Gasteiger partial charge on any atom is -0.153 e. The van der Waals surface area contributed by atoms with Crippen LogP contribution in [0.3, 0.4) is 0 Å². The van der Waals surface area contributed by atoms with E-state index in [0.717, 1.165) is 0 Å². The first-order valence-electron chi connectivity index (χ1n) is 0. The minimum absolute atomic E-state index is 0. The van der Waals surface area contributed by atoms with Crippen molar-refractivity contribution in [2.45, 2.75) is 0 Å². The molecule has 0 saturated heterocycles. The van der Waals surface area contributed by atoms with E-state index in [1.54, 1.807) is 0 Å². The molecule has 41 heavy (non-hydrogen) atoms. The maximum atomic E-state index is 0. The fourth-order valence-electron chi connectivity index (χ4n) is 0. The third kappa shape index (κ3) is 430. The molecule has 1 unspecified atom stereocenters. The third-order valence-electron chi connectivity index (χ3n) is 0. The fourth-order valence-corrected chi connectivity index (χ4v) is 0. The molecule has 0 aromatic rings. The molecule has 0 amide bonds. The number of hydrogen-bond acceptors (Lipinski definition) is 0. The Balaban J connectivity index is 0. The van der Waals surface area contributed by atoms with Gasteiger partial charge in [0, 0.05) is 742 Å². The molecule has 0 aliphatic carbocycles. The summed E-state index contributed by atoms with van der Waals surface area (Å²) in [7, 11) is 0. The van der Waals surface area contributed by atoms with Crippen LogP contribution in [0.5, 0.6) is 0 Å². The van der Waals surface area contributed by atoms with Gasteiger partial charge in [0.2, 0.25) is 0 Å². The summed E-state index contributed by atoms with van der Waals surface area (Å²) in [6.07, 6.45) is 0. The average molecular weight is 2070 g/mol. The van der Waals surface area contributed by atoms with Crippen molar-refractivity contribution in [3.05, 3.63) is 0 Å². The van der Waals surface area contributed by atoms with Crippen molar-refractivity contribution >= 4 is 9.90 Å². The van der Waals surface area contributed by atoms with Crippen LogP contribution in [-0.4, -0.2) is 0 Å². The monoisotopic (exact) mass is 2070 g/mol. The molecule has 0 fully saturated rings. The van der Waals surface area contributed by atoms with Crippen LogP contribution in [0.2, 0.25) is 0 Å². The van der Waals surface area contributed by atoms with E-state index in [0.29, 0.717) is 0 Å². The summed E-state index contributed by atoms with van der Waals surface area (Å²) in [5, 5.41) is 0. The summed E-state index contributed by atoms with van der Waals surface area (Å²) in [5.74, 6) is 0. The molecule has 0 nitrogen and oxygen atoms in total. The molecule has 0 saturated carbocycles. The fraction of sp³-hybridized carbons (Fsp3) is 0. The van der Waals surface area contributed by atoms with Gasteiger partial charge in [0.15, 0.2) is 0 Å². The molecule has 0 rings (SSSR count). The van der Waals surface area contributed by atoms with E-state index >= 15 is 0 Å². The molecule has 208 valence electrons. The van der Waals surface area contributed by atoms with Crippen LogP contribution in [0.1, 0.15) is 0 Å². The molecule has 0 spiro atoms. The predicted molar refractivity (Wildman–Crippen MR) is 11.1 cm³/mol. The largest absolute Gasteiger partial charge is 0.153 e. The average Bonchev–Trinajstić information content (AvgIpc) is 0. The van der Waals surface area contributed by atoms with Gasteiger partial charge in [-0.05, 0) is 0 Å². The van der Waals surface area contributed by atoms with Crippen LogP contribution in [0.15, 0.2) is 0 Å². The minimum atomic E-state index is 0. The van der Waals surface area contributed by atoms with Gasteiger partial charge in [0.25, 0.3) is 0 Å². The van der Waals surface area contributed by atoms with E-state index in [4.69, 9.17) is 0 Å². The Morgan fingerprint density at radius 1 is 0.0488 bits per heavy atom. The Morgan fingerprint density at radius 3 is 0.0488 bits per heavy atom.